The van der Waals surface area contributed by atoms with Crippen LogP contribution in [0.5, 0.6) is 5.75 Å². The van der Waals surface area contributed by atoms with Crippen LogP contribution in [0.2, 0.25) is 0 Å². The zero-order valence-electron chi connectivity index (χ0n) is 17.6. The van der Waals surface area contributed by atoms with Crippen molar-refractivity contribution in [2.75, 3.05) is 6.54 Å². The minimum Gasteiger partial charge on any atom is -0.478 e. The van der Waals surface area contributed by atoms with E-state index in [0.717, 1.165) is 5.56 Å². The number of nitrogens with zero attached hydrogens (tertiary/aromatic N) is 1. The number of aliphatic hydroxyl groups is 1. The number of fused-ring (bicyclic) bond motifs is 1. The maximum Gasteiger partial charge on any atom is 0.266 e. The summed E-state index contributed by atoms with van der Waals surface area (Å²) in [6.45, 7) is 4.17. The fraction of sp³-hybridized carbons (Fsp3) is 0.440. The molecule has 158 valence electrons. The fourth-order valence-electron chi connectivity index (χ4n) is 4.89. The Kier molecular flexibility index (Phi) is 5.65. The second kappa shape index (κ2) is 8.23. The number of amides is 1. The molecule has 2 saturated heterocycles. The summed E-state index contributed by atoms with van der Waals surface area (Å²) in [4.78, 5) is 27.3. The Balaban J connectivity index is 1.57. The molecular formula is C25H29NO4. The smallest absolute Gasteiger partial charge is 0.266 e. The number of hydrogen-bond acceptors (Lipinski definition) is 4. The van der Waals surface area contributed by atoms with Crippen LogP contribution in [0.4, 0.5) is 0 Å². The molecule has 2 aromatic carbocycles. The second-order valence-corrected chi connectivity index (χ2v) is 8.62. The van der Waals surface area contributed by atoms with E-state index in [0.29, 0.717) is 38.0 Å². The summed E-state index contributed by atoms with van der Waals surface area (Å²) in [5.74, 6) is 0.475. The van der Waals surface area contributed by atoms with E-state index in [9.17, 15) is 14.7 Å². The normalized spacial score (nSPS) is 28.3. The van der Waals surface area contributed by atoms with Crippen molar-refractivity contribution < 1.29 is 19.4 Å². The van der Waals surface area contributed by atoms with Crippen LogP contribution in [0.1, 0.15) is 37.3 Å². The maximum atomic E-state index is 12.9. The number of aliphatic hydroxyl groups excluding tert-OH is 1. The van der Waals surface area contributed by atoms with Gasteiger partial charge in [-0.2, -0.15) is 0 Å². The van der Waals surface area contributed by atoms with Crippen molar-refractivity contribution in [3.8, 4) is 5.75 Å². The summed E-state index contributed by atoms with van der Waals surface area (Å²) in [5.41, 5.74) is 1.47. The van der Waals surface area contributed by atoms with Crippen LogP contribution in [0.25, 0.3) is 0 Å². The first-order chi connectivity index (χ1) is 14.4. The summed E-state index contributed by atoms with van der Waals surface area (Å²) in [5, 5.41) is 11.5. The number of ketones is 1. The molecule has 5 heteroatoms. The van der Waals surface area contributed by atoms with Gasteiger partial charge in [0.15, 0.2) is 6.10 Å². The van der Waals surface area contributed by atoms with Gasteiger partial charge in [0.2, 0.25) is 0 Å². The molecule has 0 spiro atoms. The van der Waals surface area contributed by atoms with Crippen LogP contribution >= 0.6 is 0 Å². The van der Waals surface area contributed by atoms with Gasteiger partial charge in [0.25, 0.3) is 5.91 Å². The Morgan fingerprint density at radius 1 is 1.17 bits per heavy atom. The monoisotopic (exact) mass is 407 g/mol. The van der Waals surface area contributed by atoms with Crippen molar-refractivity contribution in [1.82, 2.24) is 4.90 Å². The zero-order valence-corrected chi connectivity index (χ0v) is 17.6. The number of aryl methyl sites for hydroxylation is 2. The number of benzene rings is 2. The van der Waals surface area contributed by atoms with Crippen molar-refractivity contribution in [3.63, 3.8) is 0 Å². The molecule has 0 aromatic heterocycles. The number of β-lactam (4-membered cyclic amide) rings is 1. The Bertz CT molecular complexity index is 911. The molecule has 0 bridgehead atoms. The van der Waals surface area contributed by atoms with Gasteiger partial charge in [0.05, 0.1) is 11.5 Å². The number of carbonyl (C=O) groups excluding carboxylic acids is 2. The molecule has 0 aliphatic carbocycles. The van der Waals surface area contributed by atoms with E-state index in [-0.39, 0.29) is 11.7 Å². The number of carbonyl (C=O) groups is 2. The van der Waals surface area contributed by atoms with E-state index in [1.54, 1.807) is 24.0 Å². The van der Waals surface area contributed by atoms with Gasteiger partial charge >= 0.3 is 0 Å². The predicted molar refractivity (Wildman–Crippen MR) is 114 cm³/mol. The molecule has 2 heterocycles. The molecule has 1 N–H and O–H groups in total. The van der Waals surface area contributed by atoms with E-state index >= 15 is 0 Å². The van der Waals surface area contributed by atoms with Gasteiger partial charge in [0, 0.05) is 6.54 Å². The quantitative estimate of drug-likeness (QED) is 0.746. The molecule has 2 aliphatic rings. The molecule has 0 unspecified atom stereocenters. The highest BCUT2D eigenvalue weighted by atomic mass is 16.5. The van der Waals surface area contributed by atoms with Gasteiger partial charge in [-0.1, -0.05) is 48.0 Å². The Morgan fingerprint density at radius 2 is 1.87 bits per heavy atom. The van der Waals surface area contributed by atoms with Gasteiger partial charge in [-0.25, -0.2) is 0 Å². The van der Waals surface area contributed by atoms with E-state index in [1.165, 1.54) is 5.56 Å². The molecule has 5 nitrogen and oxygen atoms in total. The van der Waals surface area contributed by atoms with Crippen molar-refractivity contribution in [3.05, 3.63) is 65.7 Å². The Morgan fingerprint density at radius 3 is 2.53 bits per heavy atom. The lowest BCUT2D eigenvalue weighted by Gasteiger charge is -2.50. The third-order valence-electron chi connectivity index (χ3n) is 6.80. The van der Waals surface area contributed by atoms with Gasteiger partial charge in [-0.05, 0) is 57.2 Å². The topological polar surface area (TPSA) is 66.8 Å². The lowest BCUT2D eigenvalue weighted by molar-refractivity contribution is -0.179. The second-order valence-electron chi connectivity index (χ2n) is 8.62. The number of ether oxygens (including phenoxy) is 1. The summed E-state index contributed by atoms with van der Waals surface area (Å²) >= 11 is 0. The van der Waals surface area contributed by atoms with Crippen LogP contribution in [0, 0.1) is 12.3 Å². The first-order valence-electron chi connectivity index (χ1n) is 10.7. The van der Waals surface area contributed by atoms with Crippen molar-refractivity contribution in [1.29, 1.82) is 0 Å². The van der Waals surface area contributed by atoms with Crippen LogP contribution < -0.4 is 4.74 Å². The lowest BCUT2D eigenvalue weighted by atomic mass is 9.67. The Labute approximate surface area is 177 Å². The minimum atomic E-state index is -0.950. The summed E-state index contributed by atoms with van der Waals surface area (Å²) in [7, 11) is 0. The molecule has 2 fully saturated rings. The predicted octanol–water partition coefficient (Wildman–Crippen LogP) is 3.32. The van der Waals surface area contributed by atoms with E-state index in [4.69, 9.17) is 4.74 Å². The number of hydrogen-bond donors (Lipinski definition) is 1. The molecule has 4 rings (SSSR count). The molecule has 30 heavy (non-hydrogen) atoms. The van der Waals surface area contributed by atoms with Crippen LogP contribution in [-0.2, 0) is 16.0 Å². The molecule has 0 radical (unpaired) electrons. The van der Waals surface area contributed by atoms with Gasteiger partial charge in [-0.3, -0.25) is 9.59 Å². The van der Waals surface area contributed by atoms with E-state index in [2.05, 4.69) is 24.3 Å². The first kappa shape index (κ1) is 20.6. The van der Waals surface area contributed by atoms with E-state index in [1.807, 2.05) is 25.1 Å². The zero-order chi connectivity index (χ0) is 21.3. The van der Waals surface area contributed by atoms with E-state index < -0.39 is 23.7 Å². The molecular weight excluding hydrogens is 378 g/mol. The molecule has 1 amide bonds. The summed E-state index contributed by atoms with van der Waals surface area (Å²) < 4.78 is 5.94. The van der Waals surface area contributed by atoms with Gasteiger partial charge in [-0.15, -0.1) is 0 Å². The Hall–Kier alpha value is -2.66. The third-order valence-corrected chi connectivity index (χ3v) is 6.80. The van der Waals surface area contributed by atoms with Crippen molar-refractivity contribution in [2.45, 2.75) is 57.8 Å². The molecule has 0 saturated carbocycles. The summed E-state index contributed by atoms with van der Waals surface area (Å²) in [6.07, 6.45) is 0.844. The molecule has 2 aromatic rings. The first-order valence-corrected chi connectivity index (χ1v) is 10.7. The third kappa shape index (κ3) is 3.63. The standard InChI is InChI=1S/C25H29NO4/c1-17-9-11-19(12-10-17)13-15-25(18(2)27)14-6-16-26-21(23(25)28)22(24(26)29)30-20-7-4-3-5-8-20/h3-5,7-12,21-23,28H,6,13-16H2,1-2H3/t21-,22-,23+,25-/m1/s1. The highest BCUT2D eigenvalue weighted by Crippen LogP contribution is 2.44. The average molecular weight is 408 g/mol. The number of para-hydroxylation sites is 1. The average Bonchev–Trinajstić information content (AvgIpc) is 2.88. The van der Waals surface area contributed by atoms with Gasteiger partial charge < -0.3 is 14.7 Å². The highest BCUT2D eigenvalue weighted by Gasteiger charge is 2.60. The maximum absolute atomic E-state index is 12.9. The summed E-state index contributed by atoms with van der Waals surface area (Å²) in [6, 6.07) is 17.0. The minimum absolute atomic E-state index is 0.0122. The van der Waals surface area contributed by atoms with Crippen molar-refractivity contribution >= 4 is 11.7 Å². The highest BCUT2D eigenvalue weighted by molar-refractivity contribution is 5.90. The fourth-order valence-corrected chi connectivity index (χ4v) is 4.89. The molecule has 4 atom stereocenters. The molecule has 2 aliphatic heterocycles. The van der Waals surface area contributed by atoms with Crippen molar-refractivity contribution in [2.24, 2.45) is 5.41 Å². The lowest BCUT2D eigenvalue weighted by Crippen LogP contribution is -2.72. The van der Waals surface area contributed by atoms with Gasteiger partial charge in [0.1, 0.15) is 17.6 Å². The van der Waals surface area contributed by atoms with Crippen LogP contribution in [-0.4, -0.2) is 46.5 Å². The van der Waals surface area contributed by atoms with Crippen LogP contribution in [0.3, 0.4) is 0 Å². The SMILES string of the molecule is CC(=O)[C@]1(CCc2ccc(C)cc2)CCCN2C(=O)[C@H](Oc3ccccc3)[C@@H]2[C@@H]1O. The van der Waals surface area contributed by atoms with Crippen LogP contribution in [0.15, 0.2) is 54.6 Å². The number of rotatable bonds is 6. The number of Topliss-reactive ketones (excluding diaryl/α,β-unsaturated/α-hetero) is 1. The largest absolute Gasteiger partial charge is 0.478 e.